The quantitative estimate of drug-likeness (QED) is 0.497. The van der Waals surface area contributed by atoms with Crippen molar-refractivity contribution in [2.75, 3.05) is 6.61 Å². The highest BCUT2D eigenvalue weighted by atomic mass is 19.1. The molecule has 1 aliphatic heterocycles. The van der Waals surface area contributed by atoms with E-state index >= 15 is 0 Å². The Kier molecular flexibility index (Phi) is 5.16. The minimum atomic E-state index is -1.41. The topological polar surface area (TPSA) is 87.2 Å². The first-order valence-electron chi connectivity index (χ1n) is 9.93. The molecule has 32 heavy (non-hydrogen) atoms. The maximum absolute atomic E-state index is 14.8. The minimum Gasteiger partial charge on any atom is -0.508 e. The lowest BCUT2D eigenvalue weighted by atomic mass is 10.0. The van der Waals surface area contributed by atoms with Crippen LogP contribution in [0.1, 0.15) is 5.56 Å². The Balaban J connectivity index is 1.38. The summed E-state index contributed by atoms with van der Waals surface area (Å²) in [5.41, 5.74) is 1.31. The van der Waals surface area contributed by atoms with Gasteiger partial charge in [-0.1, -0.05) is 17.3 Å². The molecule has 1 aliphatic rings. The summed E-state index contributed by atoms with van der Waals surface area (Å²) in [7, 11) is 0. The van der Waals surface area contributed by atoms with Crippen LogP contribution >= 0.6 is 0 Å². The van der Waals surface area contributed by atoms with Crippen molar-refractivity contribution >= 4 is 0 Å². The fourth-order valence-electron chi connectivity index (χ4n) is 3.77. The highest BCUT2D eigenvalue weighted by Gasteiger charge is 2.45. The number of nitrogens with zero attached hydrogens (tertiary/aromatic N) is 5. The fourth-order valence-corrected chi connectivity index (χ4v) is 3.77. The van der Waals surface area contributed by atoms with Gasteiger partial charge in [0.05, 0.1) is 32.2 Å². The number of aromatic hydroxyl groups is 1. The summed E-state index contributed by atoms with van der Waals surface area (Å²) < 4.78 is 43.8. The third kappa shape index (κ3) is 3.97. The van der Waals surface area contributed by atoms with Crippen LogP contribution in [-0.4, -0.2) is 42.4 Å². The average molecular weight is 439 g/mol. The molecule has 1 N–H and O–H groups in total. The molecule has 5 rings (SSSR count). The average Bonchev–Trinajstić information content (AvgIpc) is 3.51. The maximum atomic E-state index is 14.8. The van der Waals surface area contributed by atoms with Gasteiger partial charge in [-0.15, -0.1) is 5.10 Å². The Morgan fingerprint density at radius 2 is 2.09 bits per heavy atom. The number of benzene rings is 2. The molecule has 2 atom stereocenters. The van der Waals surface area contributed by atoms with E-state index in [9.17, 15) is 13.9 Å². The van der Waals surface area contributed by atoms with Crippen molar-refractivity contribution in [1.82, 2.24) is 24.5 Å². The number of phenols is 1. The summed E-state index contributed by atoms with van der Waals surface area (Å²) >= 11 is 0. The predicted octanol–water partition coefficient (Wildman–Crippen LogP) is 3.09. The van der Waals surface area contributed by atoms with Crippen LogP contribution < -0.4 is 0 Å². The standard InChI is InChI=1S/C22H19F2N5O3/c23-16-3-1-2-15(8-16)21-11-29(27-26-21)10-18-12-31-22(32-18,13-28-7-6-25-14-28)19-5-4-17(30)9-20(19)24/h1-9,11,14,18,30H,10,12-13H2/t18-,22-/m0/s1. The first-order chi connectivity index (χ1) is 15.5. The normalized spacial score (nSPS) is 20.6. The van der Waals surface area contributed by atoms with Crippen LogP contribution in [0.4, 0.5) is 8.78 Å². The molecular formula is C22H19F2N5O3. The Morgan fingerprint density at radius 1 is 1.19 bits per heavy atom. The second kappa shape index (κ2) is 8.13. The molecule has 1 saturated heterocycles. The maximum Gasteiger partial charge on any atom is 0.216 e. The van der Waals surface area contributed by atoms with Crippen LogP contribution in [-0.2, 0) is 28.4 Å². The van der Waals surface area contributed by atoms with Crippen molar-refractivity contribution in [1.29, 1.82) is 0 Å². The van der Waals surface area contributed by atoms with E-state index in [0.717, 1.165) is 6.07 Å². The van der Waals surface area contributed by atoms with Crippen molar-refractivity contribution < 1.29 is 23.4 Å². The number of ether oxygens (including phenoxy) is 2. The summed E-state index contributed by atoms with van der Waals surface area (Å²) in [6, 6.07) is 9.95. The first-order valence-corrected chi connectivity index (χ1v) is 9.93. The number of hydrogen-bond donors (Lipinski definition) is 1. The molecule has 0 saturated carbocycles. The van der Waals surface area contributed by atoms with E-state index in [2.05, 4.69) is 15.3 Å². The zero-order chi connectivity index (χ0) is 22.1. The second-order valence-corrected chi connectivity index (χ2v) is 7.54. The molecule has 0 amide bonds. The Labute approximate surface area is 181 Å². The minimum absolute atomic E-state index is 0.164. The highest BCUT2D eigenvalue weighted by Crippen LogP contribution is 2.38. The zero-order valence-electron chi connectivity index (χ0n) is 16.8. The van der Waals surface area contributed by atoms with Crippen molar-refractivity contribution in [3.8, 4) is 17.0 Å². The Hall–Kier alpha value is -3.63. The molecule has 1 fully saturated rings. The van der Waals surface area contributed by atoms with Gasteiger partial charge in [-0.2, -0.15) is 0 Å². The van der Waals surface area contributed by atoms with E-state index in [1.165, 1.54) is 24.3 Å². The van der Waals surface area contributed by atoms with Gasteiger partial charge in [0.15, 0.2) is 0 Å². The van der Waals surface area contributed by atoms with Crippen molar-refractivity contribution in [3.05, 3.63) is 84.6 Å². The number of aromatic nitrogens is 5. The molecule has 8 nitrogen and oxygen atoms in total. The van der Waals surface area contributed by atoms with Crippen LogP contribution in [0.15, 0.2) is 67.4 Å². The van der Waals surface area contributed by atoms with Gasteiger partial charge in [-0.3, -0.25) is 0 Å². The molecule has 0 aliphatic carbocycles. The molecule has 2 aromatic carbocycles. The van der Waals surface area contributed by atoms with E-state index < -0.39 is 17.7 Å². The second-order valence-electron chi connectivity index (χ2n) is 7.54. The van der Waals surface area contributed by atoms with E-state index in [-0.39, 0.29) is 30.3 Å². The molecule has 164 valence electrons. The van der Waals surface area contributed by atoms with Gasteiger partial charge in [0, 0.05) is 29.6 Å². The van der Waals surface area contributed by atoms with Crippen molar-refractivity contribution in [2.24, 2.45) is 0 Å². The lowest BCUT2D eigenvalue weighted by Crippen LogP contribution is -2.35. The number of halogens is 2. The van der Waals surface area contributed by atoms with E-state index in [4.69, 9.17) is 9.47 Å². The molecule has 0 bridgehead atoms. The lowest BCUT2D eigenvalue weighted by molar-refractivity contribution is -0.190. The largest absolute Gasteiger partial charge is 0.508 e. The van der Waals surface area contributed by atoms with Gasteiger partial charge < -0.3 is 19.1 Å². The van der Waals surface area contributed by atoms with E-state index in [0.29, 0.717) is 17.8 Å². The van der Waals surface area contributed by atoms with Crippen LogP contribution in [0.2, 0.25) is 0 Å². The van der Waals surface area contributed by atoms with Crippen molar-refractivity contribution in [3.63, 3.8) is 0 Å². The molecular weight excluding hydrogens is 420 g/mol. The summed E-state index contributed by atoms with van der Waals surface area (Å²) in [6.45, 7) is 0.648. The van der Waals surface area contributed by atoms with Gasteiger partial charge >= 0.3 is 0 Å². The van der Waals surface area contributed by atoms with E-state index in [1.54, 1.807) is 46.3 Å². The summed E-state index contributed by atoms with van der Waals surface area (Å²) in [5.74, 6) is -2.59. The van der Waals surface area contributed by atoms with Crippen LogP contribution in [0.5, 0.6) is 5.75 Å². The number of hydrogen-bond acceptors (Lipinski definition) is 6. The summed E-state index contributed by atoms with van der Waals surface area (Å²) in [6.07, 6.45) is 6.16. The van der Waals surface area contributed by atoms with Crippen LogP contribution in [0.3, 0.4) is 0 Å². The number of rotatable bonds is 6. The monoisotopic (exact) mass is 439 g/mol. The zero-order valence-corrected chi connectivity index (χ0v) is 16.8. The van der Waals surface area contributed by atoms with Gasteiger partial charge in [-0.05, 0) is 24.3 Å². The SMILES string of the molecule is Oc1ccc([C@@]2(Cn3ccnc3)OC[C@H](Cn3cc(-c4cccc(F)c4)nn3)O2)c(F)c1. The van der Waals surface area contributed by atoms with Gasteiger partial charge in [-0.25, -0.2) is 18.4 Å². The third-order valence-corrected chi connectivity index (χ3v) is 5.22. The van der Waals surface area contributed by atoms with Crippen molar-refractivity contribution in [2.45, 2.75) is 25.0 Å². The third-order valence-electron chi connectivity index (χ3n) is 5.22. The van der Waals surface area contributed by atoms with Crippen LogP contribution in [0, 0.1) is 11.6 Å². The molecule has 3 heterocycles. The molecule has 0 radical (unpaired) electrons. The van der Waals surface area contributed by atoms with Gasteiger partial charge in [0.25, 0.3) is 0 Å². The molecule has 4 aromatic rings. The smallest absolute Gasteiger partial charge is 0.216 e. The molecule has 0 spiro atoms. The van der Waals surface area contributed by atoms with Gasteiger partial charge in [0.2, 0.25) is 5.79 Å². The van der Waals surface area contributed by atoms with E-state index in [1.807, 2.05) is 0 Å². The predicted molar refractivity (Wildman–Crippen MR) is 108 cm³/mol. The van der Waals surface area contributed by atoms with Gasteiger partial charge in [0.1, 0.15) is 29.2 Å². The van der Waals surface area contributed by atoms with Crippen LogP contribution in [0.25, 0.3) is 11.3 Å². The first kappa shape index (κ1) is 20.3. The number of phenolic OH excluding ortho intramolecular Hbond substituents is 1. The fraction of sp³-hybridized carbons (Fsp3) is 0.227. The molecule has 2 aromatic heterocycles. The Bertz CT molecular complexity index is 1230. The summed E-state index contributed by atoms with van der Waals surface area (Å²) in [4.78, 5) is 4.02. The Morgan fingerprint density at radius 3 is 2.88 bits per heavy atom. The molecule has 10 heteroatoms. The molecule has 0 unspecified atom stereocenters. The lowest BCUT2D eigenvalue weighted by Gasteiger charge is -2.29. The summed E-state index contributed by atoms with van der Waals surface area (Å²) in [5, 5.41) is 17.8. The highest BCUT2D eigenvalue weighted by molar-refractivity contribution is 5.57. The number of imidazole rings is 1.